The predicted molar refractivity (Wildman–Crippen MR) is 161 cm³/mol. The number of benzene rings is 2. The summed E-state index contributed by atoms with van der Waals surface area (Å²) in [6.07, 6.45) is 5.35. The minimum atomic E-state index is -1.20. The van der Waals surface area contributed by atoms with Crippen molar-refractivity contribution in [2.75, 3.05) is 31.6 Å². The number of fused-ring (bicyclic) bond motifs is 1. The summed E-state index contributed by atoms with van der Waals surface area (Å²) >= 11 is 0. The first-order chi connectivity index (χ1) is 21.6. The molecule has 2 aromatic heterocycles. The van der Waals surface area contributed by atoms with Gasteiger partial charge in [0.15, 0.2) is 29.6 Å². The highest BCUT2D eigenvalue weighted by Gasteiger charge is 2.36. The van der Waals surface area contributed by atoms with E-state index in [1.807, 2.05) is 0 Å². The average Bonchev–Trinajstić information content (AvgIpc) is 3.61. The topological polar surface area (TPSA) is 166 Å². The number of aromatic nitrogens is 3. The number of hydrogen-bond acceptors (Lipinski definition) is 9. The molecule has 2 aromatic carbocycles. The lowest BCUT2D eigenvalue weighted by Gasteiger charge is -2.14. The highest BCUT2D eigenvalue weighted by atomic mass is 19.2. The Morgan fingerprint density at radius 3 is 2.73 bits per heavy atom. The number of hydrogen-bond donors (Lipinski definition) is 5. The van der Waals surface area contributed by atoms with Crippen LogP contribution in [0.1, 0.15) is 35.7 Å². The first-order valence-corrected chi connectivity index (χ1v) is 14.3. The van der Waals surface area contributed by atoms with Crippen LogP contribution in [-0.4, -0.2) is 69.2 Å². The number of anilines is 2. The standard InChI is InChI=1S/C31H32F2N8O4/c1-18-14-19(4-5-20(18)29(42)36-9-3-10-37-30(43)22-15-31(2,44)17-39-22)40-27-28-38-16-23(41(28)12-11-35-27)21-6-7-24(45-13-8-34)26(33)25(21)32/h4-7,11-12,14,16,22,39,44H,3,9-10,13,15,17H2,1-2H3,(H,35,40)(H,36,42)(H,37,43). The molecule has 1 fully saturated rings. The van der Waals surface area contributed by atoms with Gasteiger partial charge in [0.2, 0.25) is 11.7 Å². The smallest absolute Gasteiger partial charge is 0.251 e. The molecule has 0 bridgehead atoms. The van der Waals surface area contributed by atoms with Crippen molar-refractivity contribution in [2.24, 2.45) is 0 Å². The number of aryl methyl sites for hydroxylation is 1. The number of β-amino-alcohol motifs (C(OH)–C–C–N with tert-alkyl or cyclic N) is 1. The van der Waals surface area contributed by atoms with Gasteiger partial charge in [-0.05, 0) is 56.2 Å². The Balaban J connectivity index is 1.20. The van der Waals surface area contributed by atoms with Gasteiger partial charge in [0.05, 0.1) is 23.5 Å². The van der Waals surface area contributed by atoms with E-state index in [9.17, 15) is 23.5 Å². The van der Waals surface area contributed by atoms with E-state index in [4.69, 9.17) is 10.00 Å². The number of nitriles is 1. The molecule has 0 aliphatic carbocycles. The summed E-state index contributed by atoms with van der Waals surface area (Å²) in [7, 11) is 0. The predicted octanol–water partition coefficient (Wildman–Crippen LogP) is 2.98. The molecule has 0 saturated carbocycles. The fourth-order valence-corrected chi connectivity index (χ4v) is 5.12. The molecule has 234 valence electrons. The van der Waals surface area contributed by atoms with Crippen molar-refractivity contribution in [3.63, 3.8) is 0 Å². The molecule has 45 heavy (non-hydrogen) atoms. The monoisotopic (exact) mass is 618 g/mol. The Morgan fingerprint density at radius 1 is 1.20 bits per heavy atom. The van der Waals surface area contributed by atoms with Gasteiger partial charge >= 0.3 is 0 Å². The second-order valence-electron chi connectivity index (χ2n) is 11.0. The number of aliphatic hydroxyl groups is 1. The van der Waals surface area contributed by atoms with Gasteiger partial charge in [-0.2, -0.15) is 9.65 Å². The number of carbonyl (C=O) groups is 2. The van der Waals surface area contributed by atoms with Crippen LogP contribution in [0.2, 0.25) is 0 Å². The van der Waals surface area contributed by atoms with Crippen molar-refractivity contribution in [1.82, 2.24) is 30.3 Å². The molecule has 3 heterocycles. The minimum Gasteiger partial charge on any atom is -0.476 e. The van der Waals surface area contributed by atoms with Crippen LogP contribution < -0.4 is 26.0 Å². The van der Waals surface area contributed by atoms with Gasteiger partial charge in [-0.25, -0.2) is 14.4 Å². The van der Waals surface area contributed by atoms with Crippen molar-refractivity contribution in [3.8, 4) is 23.1 Å². The lowest BCUT2D eigenvalue weighted by molar-refractivity contribution is -0.123. The summed E-state index contributed by atoms with van der Waals surface area (Å²) in [6, 6.07) is 9.07. The van der Waals surface area contributed by atoms with Crippen molar-refractivity contribution in [1.29, 1.82) is 5.26 Å². The van der Waals surface area contributed by atoms with Crippen molar-refractivity contribution in [2.45, 2.75) is 38.3 Å². The van der Waals surface area contributed by atoms with Gasteiger partial charge in [-0.3, -0.25) is 14.0 Å². The zero-order valence-corrected chi connectivity index (χ0v) is 24.7. The Hall–Kier alpha value is -5.13. The normalized spacial score (nSPS) is 17.6. The van der Waals surface area contributed by atoms with Crippen molar-refractivity contribution >= 4 is 29.0 Å². The fraction of sp³-hybridized carbons (Fsp3) is 0.323. The van der Waals surface area contributed by atoms with E-state index in [2.05, 4.69) is 31.2 Å². The number of amides is 2. The van der Waals surface area contributed by atoms with Crippen LogP contribution in [0.4, 0.5) is 20.3 Å². The molecule has 2 unspecified atom stereocenters. The highest BCUT2D eigenvalue weighted by Crippen LogP contribution is 2.32. The first kappa shape index (κ1) is 31.3. The summed E-state index contributed by atoms with van der Waals surface area (Å²) < 4.78 is 36.0. The quantitative estimate of drug-likeness (QED) is 0.159. The van der Waals surface area contributed by atoms with E-state index >= 15 is 0 Å². The van der Waals surface area contributed by atoms with Gasteiger partial charge in [0, 0.05) is 55.3 Å². The molecule has 2 amide bonds. The average molecular weight is 619 g/mol. The maximum absolute atomic E-state index is 14.9. The number of nitrogens with zero attached hydrogens (tertiary/aromatic N) is 4. The van der Waals surface area contributed by atoms with Crippen LogP contribution in [0, 0.1) is 29.9 Å². The van der Waals surface area contributed by atoms with Crippen LogP contribution in [0.25, 0.3) is 16.9 Å². The summed E-state index contributed by atoms with van der Waals surface area (Å²) in [5.74, 6) is -2.77. The van der Waals surface area contributed by atoms with E-state index in [1.54, 1.807) is 48.7 Å². The number of carbonyl (C=O) groups excluding carboxylic acids is 2. The van der Waals surface area contributed by atoms with Gasteiger partial charge in [-0.1, -0.05) is 0 Å². The molecule has 5 N–H and O–H groups in total. The van der Waals surface area contributed by atoms with E-state index in [1.165, 1.54) is 24.5 Å². The summed E-state index contributed by atoms with van der Waals surface area (Å²) in [4.78, 5) is 33.7. The highest BCUT2D eigenvalue weighted by molar-refractivity contribution is 5.96. The van der Waals surface area contributed by atoms with Gasteiger partial charge < -0.3 is 31.1 Å². The molecule has 5 rings (SSSR count). The molecule has 2 atom stereocenters. The summed E-state index contributed by atoms with van der Waals surface area (Å²) in [5, 5.41) is 30.5. The fourth-order valence-electron chi connectivity index (χ4n) is 5.12. The van der Waals surface area contributed by atoms with Crippen molar-refractivity contribution in [3.05, 3.63) is 71.7 Å². The molecule has 1 aliphatic heterocycles. The van der Waals surface area contributed by atoms with E-state index in [-0.39, 0.29) is 28.8 Å². The van der Waals surface area contributed by atoms with Crippen molar-refractivity contribution < 1.29 is 28.2 Å². The molecule has 14 heteroatoms. The number of halogens is 2. The number of rotatable bonds is 11. The molecule has 12 nitrogen and oxygen atoms in total. The zero-order chi connectivity index (χ0) is 32.1. The molecular formula is C31H32F2N8O4. The number of nitrogens with one attached hydrogen (secondary N) is 4. The number of imidazole rings is 1. The van der Waals surface area contributed by atoms with Gasteiger partial charge in [0.1, 0.15) is 6.07 Å². The third-order valence-corrected chi connectivity index (χ3v) is 7.40. The van der Waals surface area contributed by atoms with Crippen LogP contribution in [-0.2, 0) is 4.79 Å². The molecule has 4 aromatic rings. The van der Waals surface area contributed by atoms with Crippen LogP contribution in [0.15, 0.2) is 48.9 Å². The zero-order valence-electron chi connectivity index (χ0n) is 24.7. The lowest BCUT2D eigenvalue weighted by Crippen LogP contribution is -2.41. The maximum Gasteiger partial charge on any atom is 0.251 e. The molecule has 1 saturated heterocycles. The molecule has 0 radical (unpaired) electrons. The van der Waals surface area contributed by atoms with Crippen LogP contribution in [0.3, 0.4) is 0 Å². The van der Waals surface area contributed by atoms with Gasteiger partial charge in [-0.15, -0.1) is 0 Å². The van der Waals surface area contributed by atoms with E-state index in [0.29, 0.717) is 60.8 Å². The van der Waals surface area contributed by atoms with E-state index in [0.717, 1.165) is 0 Å². The largest absolute Gasteiger partial charge is 0.476 e. The Labute approximate surface area is 257 Å². The maximum atomic E-state index is 14.9. The minimum absolute atomic E-state index is 0.0462. The third kappa shape index (κ3) is 7.00. The second-order valence-corrected chi connectivity index (χ2v) is 11.0. The second kappa shape index (κ2) is 13.2. The number of ether oxygens (including phenoxy) is 1. The summed E-state index contributed by atoms with van der Waals surface area (Å²) in [5.41, 5.74) is 1.52. The Kier molecular flexibility index (Phi) is 9.21. The Morgan fingerprint density at radius 2 is 2.00 bits per heavy atom. The van der Waals surface area contributed by atoms with Crippen LogP contribution in [0.5, 0.6) is 5.75 Å². The third-order valence-electron chi connectivity index (χ3n) is 7.40. The summed E-state index contributed by atoms with van der Waals surface area (Å²) in [6.45, 7) is 4.19. The Bertz CT molecular complexity index is 1790. The van der Waals surface area contributed by atoms with E-state index < -0.39 is 29.9 Å². The molecule has 0 spiro atoms. The van der Waals surface area contributed by atoms with Gasteiger partial charge in [0.25, 0.3) is 5.91 Å². The molecule has 1 aliphatic rings. The molecular weight excluding hydrogens is 586 g/mol. The first-order valence-electron chi connectivity index (χ1n) is 14.3. The SMILES string of the molecule is Cc1cc(Nc2nccn3c(-c4ccc(OCC#N)c(F)c4F)cnc23)ccc1C(=O)NCCCNC(=O)C1CC(C)(O)CN1. The van der Waals surface area contributed by atoms with Crippen LogP contribution >= 0.6 is 0 Å². The lowest BCUT2D eigenvalue weighted by atomic mass is 10.0.